The third-order valence-electron chi connectivity index (χ3n) is 4.57. The number of amides is 2. The predicted molar refractivity (Wildman–Crippen MR) is 109 cm³/mol. The lowest BCUT2D eigenvalue weighted by Crippen LogP contribution is -2.30. The van der Waals surface area contributed by atoms with E-state index in [4.69, 9.17) is 23.2 Å². The van der Waals surface area contributed by atoms with Crippen molar-refractivity contribution in [2.45, 2.75) is 19.4 Å². The van der Waals surface area contributed by atoms with Gasteiger partial charge in [0.05, 0.1) is 22.2 Å². The van der Waals surface area contributed by atoms with Crippen LogP contribution in [0.2, 0.25) is 10.0 Å². The van der Waals surface area contributed by atoms with Gasteiger partial charge in [0, 0.05) is 13.1 Å². The van der Waals surface area contributed by atoms with Crippen LogP contribution in [0.25, 0.3) is 0 Å². The molecule has 0 radical (unpaired) electrons. The van der Waals surface area contributed by atoms with Gasteiger partial charge in [-0.25, -0.2) is 4.39 Å². The number of aryl methyl sites for hydroxylation is 1. The summed E-state index contributed by atoms with van der Waals surface area (Å²) in [5.41, 5.74) is 1.59. The van der Waals surface area contributed by atoms with Gasteiger partial charge < -0.3 is 15.3 Å². The minimum atomic E-state index is -0.643. The van der Waals surface area contributed by atoms with E-state index in [9.17, 15) is 19.1 Å². The second kappa shape index (κ2) is 9.29. The number of hydrogen-bond acceptors (Lipinski definition) is 3. The van der Waals surface area contributed by atoms with Gasteiger partial charge in [-0.05, 0) is 48.2 Å². The maximum Gasteiger partial charge on any atom is 0.289 e. The largest absolute Gasteiger partial charge is 0.503 e. The van der Waals surface area contributed by atoms with Crippen LogP contribution in [0.5, 0.6) is 0 Å². The van der Waals surface area contributed by atoms with Crippen molar-refractivity contribution in [1.82, 2.24) is 10.2 Å². The molecule has 0 spiro atoms. The van der Waals surface area contributed by atoms with Crippen LogP contribution in [0.1, 0.15) is 17.5 Å². The number of nitrogens with zero attached hydrogens (tertiary/aromatic N) is 1. The summed E-state index contributed by atoms with van der Waals surface area (Å²) in [4.78, 5) is 25.9. The Bertz CT molecular complexity index is 978. The number of aliphatic hydroxyl groups excluding tert-OH is 1. The van der Waals surface area contributed by atoms with Gasteiger partial charge in [0.15, 0.2) is 5.76 Å². The zero-order chi connectivity index (χ0) is 21.0. The summed E-state index contributed by atoms with van der Waals surface area (Å²) in [6.07, 6.45) is 1.34. The Balaban J connectivity index is 1.51. The fraction of sp³-hybridized carbons (Fsp3) is 0.238. The highest BCUT2D eigenvalue weighted by atomic mass is 35.5. The average molecular weight is 437 g/mol. The van der Waals surface area contributed by atoms with Gasteiger partial charge in [-0.2, -0.15) is 0 Å². The molecule has 2 N–H and O–H groups in total. The van der Waals surface area contributed by atoms with Crippen LogP contribution < -0.4 is 5.32 Å². The van der Waals surface area contributed by atoms with E-state index in [0.29, 0.717) is 35.0 Å². The molecule has 152 valence electrons. The van der Waals surface area contributed by atoms with Crippen molar-refractivity contribution >= 4 is 35.0 Å². The molecule has 5 nitrogen and oxygen atoms in total. The normalized spacial score (nSPS) is 13.9. The van der Waals surface area contributed by atoms with E-state index in [2.05, 4.69) is 5.32 Å². The fourth-order valence-corrected chi connectivity index (χ4v) is 3.40. The number of benzene rings is 2. The summed E-state index contributed by atoms with van der Waals surface area (Å²) in [6.45, 7) is 0.447. The van der Waals surface area contributed by atoms with Crippen LogP contribution in [-0.2, 0) is 22.6 Å². The van der Waals surface area contributed by atoms with Crippen LogP contribution in [0.3, 0.4) is 0 Å². The molecule has 0 saturated heterocycles. The van der Waals surface area contributed by atoms with E-state index in [-0.39, 0.29) is 18.7 Å². The summed E-state index contributed by atoms with van der Waals surface area (Å²) >= 11 is 11.9. The van der Waals surface area contributed by atoms with E-state index in [1.807, 2.05) is 6.07 Å². The first kappa shape index (κ1) is 21.1. The Morgan fingerprint density at radius 2 is 1.93 bits per heavy atom. The van der Waals surface area contributed by atoms with Crippen LogP contribution in [-0.4, -0.2) is 34.9 Å². The number of carbonyl (C=O) groups excluding carboxylic acids is 2. The minimum Gasteiger partial charge on any atom is -0.503 e. The van der Waals surface area contributed by atoms with Crippen LogP contribution in [0.4, 0.5) is 4.39 Å². The van der Waals surface area contributed by atoms with Crippen molar-refractivity contribution in [3.05, 3.63) is 80.8 Å². The van der Waals surface area contributed by atoms with Gasteiger partial charge in [-0.1, -0.05) is 41.4 Å². The number of halogens is 3. The molecule has 0 fully saturated rings. The summed E-state index contributed by atoms with van der Waals surface area (Å²) in [7, 11) is 0. The molecule has 0 aromatic heterocycles. The minimum absolute atomic E-state index is 0.0148. The van der Waals surface area contributed by atoms with Crippen molar-refractivity contribution in [3.8, 4) is 0 Å². The monoisotopic (exact) mass is 436 g/mol. The Morgan fingerprint density at radius 3 is 2.66 bits per heavy atom. The van der Waals surface area contributed by atoms with E-state index in [1.165, 1.54) is 17.0 Å². The summed E-state index contributed by atoms with van der Waals surface area (Å²) < 4.78 is 13.3. The lowest BCUT2D eigenvalue weighted by molar-refractivity contribution is -0.128. The van der Waals surface area contributed by atoms with Crippen LogP contribution in [0, 0.1) is 5.82 Å². The van der Waals surface area contributed by atoms with Gasteiger partial charge in [0.25, 0.3) is 11.8 Å². The number of rotatable bonds is 7. The number of nitrogens with one attached hydrogen (secondary N) is 1. The van der Waals surface area contributed by atoms with E-state index in [0.717, 1.165) is 5.56 Å². The first-order valence-electron chi connectivity index (χ1n) is 9.03. The van der Waals surface area contributed by atoms with Gasteiger partial charge in [0.2, 0.25) is 0 Å². The fourth-order valence-electron chi connectivity index (χ4n) is 3.08. The Hall–Kier alpha value is -2.57. The molecule has 29 heavy (non-hydrogen) atoms. The van der Waals surface area contributed by atoms with Crippen molar-refractivity contribution < 1.29 is 19.1 Å². The molecule has 0 aliphatic carbocycles. The van der Waals surface area contributed by atoms with Crippen molar-refractivity contribution in [3.63, 3.8) is 0 Å². The average Bonchev–Trinajstić information content (AvgIpc) is 2.96. The van der Waals surface area contributed by atoms with Crippen molar-refractivity contribution in [2.75, 3.05) is 13.1 Å². The van der Waals surface area contributed by atoms with E-state index < -0.39 is 23.4 Å². The molecule has 2 aromatic rings. The maximum atomic E-state index is 13.3. The second-order valence-corrected chi connectivity index (χ2v) is 7.54. The lowest BCUT2D eigenvalue weighted by Gasteiger charge is -2.16. The van der Waals surface area contributed by atoms with Crippen LogP contribution >= 0.6 is 23.2 Å². The number of aliphatic hydroxyl groups is 1. The molecular weight excluding hydrogens is 418 g/mol. The molecule has 0 saturated carbocycles. The first-order chi connectivity index (χ1) is 13.8. The molecule has 8 heteroatoms. The van der Waals surface area contributed by atoms with Crippen molar-refractivity contribution in [2.24, 2.45) is 0 Å². The molecule has 1 aliphatic rings. The third-order valence-corrected chi connectivity index (χ3v) is 5.31. The van der Waals surface area contributed by atoms with Gasteiger partial charge >= 0.3 is 0 Å². The topological polar surface area (TPSA) is 69.6 Å². The first-order valence-corrected chi connectivity index (χ1v) is 9.78. The summed E-state index contributed by atoms with van der Waals surface area (Å²) in [5, 5.41) is 13.7. The number of carbonyl (C=O) groups is 2. The quantitative estimate of drug-likeness (QED) is 0.643. The molecule has 0 bridgehead atoms. The van der Waals surface area contributed by atoms with Gasteiger partial charge in [-0.15, -0.1) is 0 Å². The molecule has 2 aromatic carbocycles. The zero-order valence-electron chi connectivity index (χ0n) is 15.4. The molecule has 3 rings (SSSR count). The standard InChI is InChI=1S/C21H19Cl2FN2O3/c22-17-7-6-13(10-18(17)23)4-2-8-25-20(28)16-12-26(21(29)19(16)27)11-14-3-1-5-15(24)9-14/h1,3,5-7,9-10,27H,2,4,8,11-12H2,(H,25,28). The van der Waals surface area contributed by atoms with E-state index >= 15 is 0 Å². The Kier molecular flexibility index (Phi) is 6.77. The highest BCUT2D eigenvalue weighted by Crippen LogP contribution is 2.23. The smallest absolute Gasteiger partial charge is 0.289 e. The second-order valence-electron chi connectivity index (χ2n) is 6.73. The zero-order valence-corrected chi connectivity index (χ0v) is 16.9. The Labute approximate surface area is 177 Å². The predicted octanol–water partition coefficient (Wildman–Crippen LogP) is 4.04. The maximum absolute atomic E-state index is 13.3. The molecule has 1 aliphatic heterocycles. The van der Waals surface area contributed by atoms with Crippen LogP contribution in [0.15, 0.2) is 53.8 Å². The summed E-state index contributed by atoms with van der Waals surface area (Å²) in [6, 6.07) is 11.2. The molecule has 1 heterocycles. The van der Waals surface area contributed by atoms with E-state index in [1.54, 1.807) is 24.3 Å². The van der Waals surface area contributed by atoms with Gasteiger partial charge in [0.1, 0.15) is 5.82 Å². The SMILES string of the molecule is O=C(NCCCc1ccc(Cl)c(Cl)c1)C1=C(O)C(=O)N(Cc2cccc(F)c2)C1. The third kappa shape index (κ3) is 5.28. The summed E-state index contributed by atoms with van der Waals surface area (Å²) in [5.74, 6) is -2.11. The highest BCUT2D eigenvalue weighted by Gasteiger charge is 2.33. The van der Waals surface area contributed by atoms with Gasteiger partial charge in [-0.3, -0.25) is 9.59 Å². The molecular formula is C21H19Cl2FN2O3. The Morgan fingerprint density at radius 1 is 1.14 bits per heavy atom. The van der Waals surface area contributed by atoms with Crippen molar-refractivity contribution in [1.29, 1.82) is 0 Å². The molecule has 2 amide bonds. The highest BCUT2D eigenvalue weighted by molar-refractivity contribution is 6.42. The molecule has 0 atom stereocenters. The lowest BCUT2D eigenvalue weighted by atomic mass is 10.1. The number of hydrogen-bond donors (Lipinski definition) is 2. The molecule has 0 unspecified atom stereocenters.